The van der Waals surface area contributed by atoms with Crippen LogP contribution in [0.3, 0.4) is 0 Å². The molecule has 1 aliphatic heterocycles. The quantitative estimate of drug-likeness (QED) is 0.761. The van der Waals surface area contributed by atoms with Gasteiger partial charge in [-0.1, -0.05) is 48.5 Å². The lowest BCUT2D eigenvalue weighted by atomic mass is 9.97. The molecule has 0 saturated carbocycles. The molecule has 0 spiro atoms. The molecule has 1 aliphatic rings. The van der Waals surface area contributed by atoms with E-state index in [1.807, 2.05) is 48.5 Å². The molecule has 152 valence electrons. The molecule has 0 unspecified atom stereocenters. The fourth-order valence-corrected chi connectivity index (χ4v) is 3.15. The van der Waals surface area contributed by atoms with Crippen molar-refractivity contribution in [3.05, 3.63) is 66.2 Å². The first kappa shape index (κ1) is 20.4. The van der Waals surface area contributed by atoms with E-state index in [1.165, 1.54) is 0 Å². The van der Waals surface area contributed by atoms with Gasteiger partial charge in [0.2, 0.25) is 0 Å². The van der Waals surface area contributed by atoms with Crippen molar-refractivity contribution in [1.82, 2.24) is 15.5 Å². The van der Waals surface area contributed by atoms with E-state index >= 15 is 0 Å². The van der Waals surface area contributed by atoms with Crippen molar-refractivity contribution in [2.45, 2.75) is 19.4 Å². The number of hydrogen-bond acceptors (Lipinski definition) is 4. The predicted octanol–water partition coefficient (Wildman–Crippen LogP) is 2.33. The van der Waals surface area contributed by atoms with E-state index in [1.54, 1.807) is 17.0 Å². The normalized spacial score (nSPS) is 14.1. The van der Waals surface area contributed by atoms with E-state index in [9.17, 15) is 14.4 Å². The highest BCUT2D eigenvalue weighted by atomic mass is 16.6. The third kappa shape index (κ3) is 6.34. The van der Waals surface area contributed by atoms with Crippen LogP contribution >= 0.6 is 0 Å². The summed E-state index contributed by atoms with van der Waals surface area (Å²) < 4.78 is 5.35. The molecular formula is C22H25N3O4. The first-order valence-corrected chi connectivity index (χ1v) is 9.73. The van der Waals surface area contributed by atoms with E-state index in [-0.39, 0.29) is 12.0 Å². The molecule has 0 bridgehead atoms. The van der Waals surface area contributed by atoms with Crippen LogP contribution in [0.25, 0.3) is 0 Å². The van der Waals surface area contributed by atoms with Crippen LogP contribution in [0.4, 0.5) is 4.79 Å². The van der Waals surface area contributed by atoms with Gasteiger partial charge in [0.1, 0.15) is 5.75 Å². The fraction of sp³-hybridized carbons (Fsp3) is 0.318. The Morgan fingerprint density at radius 2 is 1.45 bits per heavy atom. The third-order valence-corrected chi connectivity index (χ3v) is 4.87. The number of para-hydroxylation sites is 1. The van der Waals surface area contributed by atoms with Gasteiger partial charge >= 0.3 is 17.9 Å². The van der Waals surface area contributed by atoms with Crippen LogP contribution in [-0.2, 0) is 16.1 Å². The number of amides is 3. The second-order valence-electron chi connectivity index (χ2n) is 6.99. The van der Waals surface area contributed by atoms with Crippen LogP contribution < -0.4 is 15.4 Å². The van der Waals surface area contributed by atoms with Crippen molar-refractivity contribution in [3.63, 3.8) is 0 Å². The van der Waals surface area contributed by atoms with Crippen LogP contribution in [0.5, 0.6) is 5.75 Å². The van der Waals surface area contributed by atoms with Crippen molar-refractivity contribution < 1.29 is 19.1 Å². The molecule has 1 fully saturated rings. The molecule has 1 heterocycles. The Morgan fingerprint density at radius 3 is 2.10 bits per heavy atom. The fourth-order valence-electron chi connectivity index (χ4n) is 3.15. The van der Waals surface area contributed by atoms with Crippen LogP contribution in [0, 0.1) is 5.92 Å². The van der Waals surface area contributed by atoms with Gasteiger partial charge in [-0.2, -0.15) is 0 Å². The monoisotopic (exact) mass is 395 g/mol. The maximum absolute atomic E-state index is 12.2. The molecule has 3 amide bonds. The number of nitrogens with one attached hydrogen (secondary N) is 2. The number of likely N-dealkylation sites (tertiary alicyclic amines) is 1. The topological polar surface area (TPSA) is 87.7 Å². The molecule has 0 atom stereocenters. The molecule has 0 aliphatic carbocycles. The van der Waals surface area contributed by atoms with Gasteiger partial charge in [-0.15, -0.1) is 0 Å². The average Bonchev–Trinajstić information content (AvgIpc) is 2.77. The number of nitrogens with zero attached hydrogens (tertiary/aromatic N) is 1. The van der Waals surface area contributed by atoms with Gasteiger partial charge in [0.25, 0.3) is 0 Å². The summed E-state index contributed by atoms with van der Waals surface area (Å²) in [5, 5.41) is 5.30. The van der Waals surface area contributed by atoms with Crippen molar-refractivity contribution >= 4 is 17.9 Å². The van der Waals surface area contributed by atoms with Crippen LogP contribution in [0.1, 0.15) is 18.4 Å². The zero-order chi connectivity index (χ0) is 20.5. The van der Waals surface area contributed by atoms with Gasteiger partial charge in [0, 0.05) is 26.2 Å². The van der Waals surface area contributed by atoms with Crippen molar-refractivity contribution in [1.29, 1.82) is 0 Å². The van der Waals surface area contributed by atoms with Gasteiger partial charge in [-0.25, -0.2) is 4.79 Å². The Hall–Kier alpha value is -3.35. The maximum Gasteiger partial charge on any atom is 0.415 e. The van der Waals surface area contributed by atoms with Crippen molar-refractivity contribution in [2.75, 3.05) is 19.6 Å². The van der Waals surface area contributed by atoms with Gasteiger partial charge in [0.05, 0.1) is 0 Å². The smallest absolute Gasteiger partial charge is 0.410 e. The first-order chi connectivity index (χ1) is 14.1. The maximum atomic E-state index is 12.2. The second kappa shape index (κ2) is 10.3. The van der Waals surface area contributed by atoms with Gasteiger partial charge in [-0.05, 0) is 36.5 Å². The van der Waals surface area contributed by atoms with Crippen LogP contribution in [0.2, 0.25) is 0 Å². The number of benzene rings is 2. The minimum atomic E-state index is -0.641. The molecule has 1 saturated heterocycles. The lowest BCUT2D eigenvalue weighted by molar-refractivity contribution is -0.139. The van der Waals surface area contributed by atoms with E-state index < -0.39 is 11.8 Å². The standard InChI is InChI=1S/C22H25N3O4/c26-20(23-15-17-7-3-1-4-8-17)21(27)24-16-18-11-13-25(14-12-18)22(28)29-19-9-5-2-6-10-19/h1-10,18H,11-16H2,(H,23,26)(H,24,27). The Kier molecular flexibility index (Phi) is 7.22. The molecule has 2 aromatic rings. The van der Waals surface area contributed by atoms with Gasteiger partial charge < -0.3 is 20.3 Å². The Balaban J connectivity index is 1.34. The minimum Gasteiger partial charge on any atom is -0.410 e. The molecule has 0 aromatic heterocycles. The van der Waals surface area contributed by atoms with E-state index in [4.69, 9.17) is 4.74 Å². The number of hydrogen-bond donors (Lipinski definition) is 2. The Morgan fingerprint density at radius 1 is 0.862 bits per heavy atom. The molecule has 29 heavy (non-hydrogen) atoms. The van der Waals surface area contributed by atoms with Crippen molar-refractivity contribution in [3.8, 4) is 5.75 Å². The summed E-state index contributed by atoms with van der Waals surface area (Å²) in [5.41, 5.74) is 0.934. The number of ether oxygens (including phenoxy) is 1. The summed E-state index contributed by atoms with van der Waals surface area (Å²) in [6, 6.07) is 18.4. The highest BCUT2D eigenvalue weighted by Gasteiger charge is 2.25. The highest BCUT2D eigenvalue weighted by molar-refractivity contribution is 6.35. The van der Waals surface area contributed by atoms with Gasteiger partial charge in [-0.3, -0.25) is 9.59 Å². The summed E-state index contributed by atoms with van der Waals surface area (Å²) in [5.74, 6) is -0.528. The molecule has 3 rings (SSSR count). The van der Waals surface area contributed by atoms with E-state index in [0.29, 0.717) is 31.9 Å². The number of carbonyl (C=O) groups is 3. The SMILES string of the molecule is O=C(NCc1ccccc1)C(=O)NCC1CCN(C(=O)Oc2ccccc2)CC1. The minimum absolute atomic E-state index is 0.224. The zero-order valence-corrected chi connectivity index (χ0v) is 16.2. The molecule has 0 radical (unpaired) electrons. The number of carbonyl (C=O) groups excluding carboxylic acids is 3. The average molecular weight is 395 g/mol. The molecule has 2 N–H and O–H groups in total. The van der Waals surface area contributed by atoms with E-state index in [0.717, 1.165) is 18.4 Å². The summed E-state index contributed by atoms with van der Waals surface area (Å²) in [7, 11) is 0. The van der Waals surface area contributed by atoms with Crippen LogP contribution in [0.15, 0.2) is 60.7 Å². The summed E-state index contributed by atoms with van der Waals surface area (Å²) in [6.45, 7) is 1.85. The number of piperidine rings is 1. The number of rotatable bonds is 5. The van der Waals surface area contributed by atoms with Gasteiger partial charge in [0.15, 0.2) is 0 Å². The van der Waals surface area contributed by atoms with Crippen molar-refractivity contribution in [2.24, 2.45) is 5.92 Å². The Bertz CT molecular complexity index is 818. The third-order valence-electron chi connectivity index (χ3n) is 4.87. The zero-order valence-electron chi connectivity index (χ0n) is 16.2. The predicted molar refractivity (Wildman–Crippen MR) is 108 cm³/mol. The summed E-state index contributed by atoms with van der Waals surface area (Å²) in [6.07, 6.45) is 1.13. The Labute approximate surface area is 170 Å². The van der Waals surface area contributed by atoms with E-state index in [2.05, 4.69) is 10.6 Å². The molecule has 7 heteroatoms. The largest absolute Gasteiger partial charge is 0.415 e. The lowest BCUT2D eigenvalue weighted by Crippen LogP contribution is -2.45. The van der Waals surface area contributed by atoms with Crippen LogP contribution in [-0.4, -0.2) is 42.4 Å². The summed E-state index contributed by atoms with van der Waals surface area (Å²) in [4.78, 5) is 37.8. The highest BCUT2D eigenvalue weighted by Crippen LogP contribution is 2.18. The molecular weight excluding hydrogens is 370 g/mol. The first-order valence-electron chi connectivity index (χ1n) is 9.73. The summed E-state index contributed by atoms with van der Waals surface area (Å²) >= 11 is 0. The lowest BCUT2D eigenvalue weighted by Gasteiger charge is -2.31. The second-order valence-corrected chi connectivity index (χ2v) is 6.99. The molecule has 7 nitrogen and oxygen atoms in total. The molecule has 2 aromatic carbocycles.